The molecule has 0 saturated carbocycles. The van der Waals surface area contributed by atoms with Crippen molar-refractivity contribution < 1.29 is 0 Å². The van der Waals surface area contributed by atoms with E-state index < -0.39 is 0 Å². The van der Waals surface area contributed by atoms with Gasteiger partial charge in [0, 0.05) is 23.2 Å². The minimum atomic E-state index is -0.153. The second-order valence-corrected chi connectivity index (χ2v) is 5.24. The summed E-state index contributed by atoms with van der Waals surface area (Å²) in [5, 5.41) is 3.06. The maximum Gasteiger partial charge on any atom is 0.252 e. The van der Waals surface area contributed by atoms with E-state index in [1.54, 1.807) is 23.9 Å². The van der Waals surface area contributed by atoms with Crippen molar-refractivity contribution >= 4 is 29.1 Å². The first-order chi connectivity index (χ1) is 9.17. The number of benzene rings is 1. The molecule has 0 fully saturated rings. The van der Waals surface area contributed by atoms with E-state index in [9.17, 15) is 4.79 Å². The Hall–Kier alpha value is -1.95. The molecule has 1 aromatic heterocycles. The Bertz CT molecular complexity index is 594. The molecule has 0 unspecified atom stereocenters. The summed E-state index contributed by atoms with van der Waals surface area (Å²) < 4.78 is 0. The molecule has 0 saturated heterocycles. The lowest BCUT2D eigenvalue weighted by atomic mass is 10.3. The maximum absolute atomic E-state index is 11.6. The zero-order valence-electron chi connectivity index (χ0n) is 10.6. The zero-order valence-corrected chi connectivity index (χ0v) is 11.5. The Morgan fingerprint density at radius 2 is 2.11 bits per heavy atom. The highest BCUT2D eigenvalue weighted by Crippen LogP contribution is 2.15. The second-order valence-electron chi connectivity index (χ2n) is 3.97. The smallest absolute Gasteiger partial charge is 0.252 e. The van der Waals surface area contributed by atoms with Gasteiger partial charge in [0.25, 0.3) is 5.56 Å². The molecule has 0 spiro atoms. The van der Waals surface area contributed by atoms with E-state index in [2.05, 4.69) is 22.2 Å². The highest BCUT2D eigenvalue weighted by Gasteiger charge is 2.02. The number of nitrogen functional groups attached to an aromatic ring is 1. The number of rotatable bonds is 5. The predicted octanol–water partition coefficient (Wildman–Crippen LogP) is 2.35. The maximum atomic E-state index is 11.6. The van der Waals surface area contributed by atoms with Gasteiger partial charge in [0.1, 0.15) is 0 Å². The molecule has 0 atom stereocenters. The van der Waals surface area contributed by atoms with Gasteiger partial charge in [-0.05, 0) is 30.0 Å². The summed E-state index contributed by atoms with van der Waals surface area (Å²) in [5.74, 6) is 2.18. The molecule has 0 amide bonds. The van der Waals surface area contributed by atoms with Crippen LogP contribution in [0.15, 0.2) is 35.1 Å². The second kappa shape index (κ2) is 6.29. The Balaban J connectivity index is 2.17. The van der Waals surface area contributed by atoms with Gasteiger partial charge in [-0.3, -0.25) is 9.78 Å². The van der Waals surface area contributed by atoms with Crippen molar-refractivity contribution in [1.29, 1.82) is 0 Å². The summed E-state index contributed by atoms with van der Waals surface area (Å²) >= 11 is 1.73. The summed E-state index contributed by atoms with van der Waals surface area (Å²) in [7, 11) is 0. The molecule has 1 aromatic carbocycles. The average Bonchev–Trinajstić information content (AvgIpc) is 2.38. The number of H-pyrrole nitrogens is 1. The van der Waals surface area contributed by atoms with Crippen molar-refractivity contribution in [2.24, 2.45) is 0 Å². The third kappa shape index (κ3) is 4.03. The minimum Gasteiger partial charge on any atom is -0.399 e. The van der Waals surface area contributed by atoms with Crippen molar-refractivity contribution in [2.75, 3.05) is 16.8 Å². The van der Waals surface area contributed by atoms with Gasteiger partial charge in [-0.15, -0.1) is 0 Å². The van der Waals surface area contributed by atoms with Crippen LogP contribution in [0.2, 0.25) is 0 Å². The quantitative estimate of drug-likeness (QED) is 0.730. The molecule has 0 bridgehead atoms. The summed E-state index contributed by atoms with van der Waals surface area (Å²) in [6.45, 7) is 2.07. The van der Waals surface area contributed by atoms with Crippen molar-refractivity contribution in [3.63, 3.8) is 0 Å². The fourth-order valence-corrected chi connectivity index (χ4v) is 2.11. The first-order valence-corrected chi connectivity index (χ1v) is 7.13. The number of nitrogens with two attached hydrogens (primary N) is 1. The molecule has 19 heavy (non-hydrogen) atoms. The van der Waals surface area contributed by atoms with Crippen LogP contribution in [0.4, 0.5) is 17.3 Å². The Morgan fingerprint density at radius 1 is 1.37 bits per heavy atom. The van der Waals surface area contributed by atoms with Gasteiger partial charge >= 0.3 is 0 Å². The number of aromatic amines is 1. The van der Waals surface area contributed by atoms with Gasteiger partial charge in [-0.1, -0.05) is 6.92 Å². The van der Waals surface area contributed by atoms with Crippen LogP contribution in [0.5, 0.6) is 0 Å². The van der Waals surface area contributed by atoms with E-state index in [0.29, 0.717) is 11.6 Å². The lowest BCUT2D eigenvalue weighted by Gasteiger charge is -2.07. The van der Waals surface area contributed by atoms with Crippen LogP contribution in [0.3, 0.4) is 0 Å². The molecule has 6 heteroatoms. The number of hydrogen-bond acceptors (Lipinski definition) is 5. The minimum absolute atomic E-state index is 0.153. The molecule has 4 N–H and O–H groups in total. The van der Waals surface area contributed by atoms with E-state index in [0.717, 1.165) is 22.9 Å². The standard InChI is InChI=1S/C13H16N4OS/c1-2-19-8-11-7-12(18)17-13(16-11)15-10-5-3-9(14)4-6-10/h3-7H,2,8,14H2,1H3,(H2,15,16,17,18). The van der Waals surface area contributed by atoms with Gasteiger partial charge < -0.3 is 11.1 Å². The predicted molar refractivity (Wildman–Crippen MR) is 80.8 cm³/mol. The molecule has 2 rings (SSSR count). The molecule has 0 aliphatic carbocycles. The molecule has 0 aliphatic heterocycles. The van der Waals surface area contributed by atoms with Crippen LogP contribution < -0.4 is 16.6 Å². The Labute approximate surface area is 115 Å². The summed E-state index contributed by atoms with van der Waals surface area (Å²) in [6, 6.07) is 8.77. The average molecular weight is 276 g/mol. The van der Waals surface area contributed by atoms with Crippen LogP contribution in [0.25, 0.3) is 0 Å². The van der Waals surface area contributed by atoms with Gasteiger partial charge in [0.2, 0.25) is 5.95 Å². The zero-order chi connectivity index (χ0) is 13.7. The fourth-order valence-electron chi connectivity index (χ4n) is 1.55. The Morgan fingerprint density at radius 3 is 2.79 bits per heavy atom. The first-order valence-electron chi connectivity index (χ1n) is 5.98. The lowest BCUT2D eigenvalue weighted by Crippen LogP contribution is -2.11. The first kappa shape index (κ1) is 13.5. The van der Waals surface area contributed by atoms with Crippen LogP contribution in [0.1, 0.15) is 12.6 Å². The summed E-state index contributed by atoms with van der Waals surface area (Å²) in [5.41, 5.74) is 7.76. The van der Waals surface area contributed by atoms with Gasteiger partial charge in [-0.25, -0.2) is 4.98 Å². The van der Waals surface area contributed by atoms with Crippen LogP contribution in [-0.2, 0) is 5.75 Å². The molecular formula is C13H16N4OS. The SMILES string of the molecule is CCSCc1cc(=O)[nH]c(Nc2ccc(N)cc2)n1. The number of anilines is 3. The topological polar surface area (TPSA) is 83.8 Å². The molecule has 5 nitrogen and oxygen atoms in total. The summed E-state index contributed by atoms with van der Waals surface area (Å²) in [6.07, 6.45) is 0. The van der Waals surface area contributed by atoms with Gasteiger partial charge in [0.15, 0.2) is 0 Å². The molecular weight excluding hydrogens is 260 g/mol. The number of aromatic nitrogens is 2. The highest BCUT2D eigenvalue weighted by atomic mass is 32.2. The number of nitrogens with one attached hydrogen (secondary N) is 2. The molecule has 2 aromatic rings. The van der Waals surface area contributed by atoms with Crippen LogP contribution >= 0.6 is 11.8 Å². The van der Waals surface area contributed by atoms with E-state index >= 15 is 0 Å². The van der Waals surface area contributed by atoms with E-state index in [-0.39, 0.29) is 5.56 Å². The van der Waals surface area contributed by atoms with E-state index in [1.807, 2.05) is 12.1 Å². The summed E-state index contributed by atoms with van der Waals surface area (Å²) in [4.78, 5) is 18.6. The fraction of sp³-hybridized carbons (Fsp3) is 0.231. The third-order valence-corrected chi connectivity index (χ3v) is 3.33. The molecule has 100 valence electrons. The highest BCUT2D eigenvalue weighted by molar-refractivity contribution is 7.98. The lowest BCUT2D eigenvalue weighted by molar-refractivity contribution is 1.06. The van der Waals surface area contributed by atoms with Crippen molar-refractivity contribution in [3.05, 3.63) is 46.4 Å². The van der Waals surface area contributed by atoms with E-state index in [4.69, 9.17) is 5.73 Å². The normalized spacial score (nSPS) is 10.4. The van der Waals surface area contributed by atoms with Crippen LogP contribution in [-0.4, -0.2) is 15.7 Å². The van der Waals surface area contributed by atoms with Crippen molar-refractivity contribution in [1.82, 2.24) is 9.97 Å². The molecule has 0 aliphatic rings. The Kier molecular flexibility index (Phi) is 4.46. The third-order valence-electron chi connectivity index (χ3n) is 2.42. The van der Waals surface area contributed by atoms with E-state index in [1.165, 1.54) is 6.07 Å². The van der Waals surface area contributed by atoms with Gasteiger partial charge in [-0.2, -0.15) is 11.8 Å². The largest absolute Gasteiger partial charge is 0.399 e. The van der Waals surface area contributed by atoms with Gasteiger partial charge in [0.05, 0.1) is 5.69 Å². The van der Waals surface area contributed by atoms with Crippen molar-refractivity contribution in [3.8, 4) is 0 Å². The van der Waals surface area contributed by atoms with Crippen molar-refractivity contribution in [2.45, 2.75) is 12.7 Å². The van der Waals surface area contributed by atoms with Crippen LogP contribution in [0, 0.1) is 0 Å². The number of nitrogens with zero attached hydrogens (tertiary/aromatic N) is 1. The number of hydrogen-bond donors (Lipinski definition) is 3. The monoisotopic (exact) mass is 276 g/mol. The number of thioether (sulfide) groups is 1. The molecule has 1 heterocycles. The molecule has 0 radical (unpaired) electrons.